The molecule has 4 aromatic rings. The van der Waals surface area contributed by atoms with Crippen molar-refractivity contribution < 1.29 is 0 Å². The summed E-state index contributed by atoms with van der Waals surface area (Å²) >= 11 is 13.2. The predicted octanol–water partition coefficient (Wildman–Crippen LogP) is 3.67. The molecule has 0 amide bonds. The van der Waals surface area contributed by atoms with Crippen LogP contribution in [0.2, 0.25) is 10.0 Å². The maximum absolute atomic E-state index is 12.5. The van der Waals surface area contributed by atoms with Crippen molar-refractivity contribution in [1.82, 2.24) is 14.6 Å². The maximum Gasteiger partial charge on any atom is 0.291 e. The Morgan fingerprint density at radius 3 is 2.54 bits per heavy atom. The van der Waals surface area contributed by atoms with E-state index in [0.29, 0.717) is 25.4 Å². The average molecular weight is 374 g/mol. The van der Waals surface area contributed by atoms with Crippen LogP contribution in [0.4, 0.5) is 0 Å². The number of hydrogen-bond donors (Lipinski definition) is 0. The SMILES string of the molecule is O=c1/c(=C/c2cccc(Cl)c2)sc2nc(-c3ccc(Cl)cc3)nn12. The molecule has 0 bridgehead atoms. The first-order valence-corrected chi connectivity index (χ1v) is 8.60. The molecule has 0 unspecified atom stereocenters. The van der Waals surface area contributed by atoms with E-state index in [1.807, 2.05) is 24.3 Å². The molecule has 0 aliphatic rings. The Labute approximate surface area is 150 Å². The number of benzene rings is 2. The molecular formula is C17H9Cl2N3OS. The first-order chi connectivity index (χ1) is 11.6. The largest absolute Gasteiger partial charge is 0.291 e. The van der Waals surface area contributed by atoms with Gasteiger partial charge in [-0.3, -0.25) is 4.79 Å². The van der Waals surface area contributed by atoms with Crippen molar-refractivity contribution in [3.63, 3.8) is 0 Å². The maximum atomic E-state index is 12.5. The molecule has 0 radical (unpaired) electrons. The molecule has 24 heavy (non-hydrogen) atoms. The molecule has 2 heterocycles. The van der Waals surface area contributed by atoms with E-state index in [9.17, 15) is 4.79 Å². The molecule has 0 aliphatic heterocycles. The summed E-state index contributed by atoms with van der Waals surface area (Å²) in [5.41, 5.74) is 1.49. The lowest BCUT2D eigenvalue weighted by Crippen LogP contribution is -2.23. The lowest BCUT2D eigenvalue weighted by Gasteiger charge is -1.94. The van der Waals surface area contributed by atoms with Crippen molar-refractivity contribution in [3.05, 3.63) is 79.0 Å². The molecule has 0 atom stereocenters. The van der Waals surface area contributed by atoms with E-state index >= 15 is 0 Å². The summed E-state index contributed by atoms with van der Waals surface area (Å²) in [6.07, 6.45) is 1.79. The fraction of sp³-hybridized carbons (Fsp3) is 0. The standard InChI is InChI=1S/C17H9Cl2N3OS/c18-12-6-4-11(5-7-12)15-20-17-22(21-15)16(23)14(24-17)9-10-2-1-3-13(19)8-10/h1-9H/b14-9-. The number of rotatable bonds is 2. The van der Waals surface area contributed by atoms with E-state index in [0.717, 1.165) is 11.1 Å². The Bertz CT molecular complexity index is 1150. The van der Waals surface area contributed by atoms with Crippen molar-refractivity contribution >= 4 is 45.6 Å². The van der Waals surface area contributed by atoms with Gasteiger partial charge in [-0.2, -0.15) is 9.50 Å². The summed E-state index contributed by atoms with van der Waals surface area (Å²) in [5.74, 6) is 0.504. The van der Waals surface area contributed by atoms with Gasteiger partial charge in [0.1, 0.15) is 0 Å². The van der Waals surface area contributed by atoms with E-state index < -0.39 is 0 Å². The van der Waals surface area contributed by atoms with E-state index in [-0.39, 0.29) is 5.56 Å². The van der Waals surface area contributed by atoms with Gasteiger partial charge in [-0.25, -0.2) is 0 Å². The third kappa shape index (κ3) is 2.82. The van der Waals surface area contributed by atoms with Crippen molar-refractivity contribution in [2.75, 3.05) is 0 Å². The summed E-state index contributed by atoms with van der Waals surface area (Å²) in [6.45, 7) is 0. The zero-order valence-corrected chi connectivity index (χ0v) is 14.4. The van der Waals surface area contributed by atoms with Gasteiger partial charge in [0, 0.05) is 15.6 Å². The second-order valence-electron chi connectivity index (χ2n) is 5.11. The van der Waals surface area contributed by atoms with Crippen molar-refractivity contribution in [2.45, 2.75) is 0 Å². The molecule has 0 saturated heterocycles. The second kappa shape index (κ2) is 6.02. The quantitative estimate of drug-likeness (QED) is 0.538. The fourth-order valence-corrected chi connectivity index (χ4v) is 3.54. The van der Waals surface area contributed by atoms with Crippen molar-refractivity contribution in [2.24, 2.45) is 0 Å². The molecule has 4 nitrogen and oxygen atoms in total. The van der Waals surface area contributed by atoms with Crippen LogP contribution in [-0.4, -0.2) is 14.6 Å². The van der Waals surface area contributed by atoms with Crippen LogP contribution in [0.3, 0.4) is 0 Å². The Balaban J connectivity index is 1.81. The predicted molar refractivity (Wildman–Crippen MR) is 97.8 cm³/mol. The number of hydrogen-bond acceptors (Lipinski definition) is 4. The number of fused-ring (bicyclic) bond motifs is 1. The van der Waals surface area contributed by atoms with Crippen LogP contribution in [0, 0.1) is 0 Å². The third-order valence-electron chi connectivity index (χ3n) is 3.43. The Morgan fingerprint density at radius 2 is 1.83 bits per heavy atom. The van der Waals surface area contributed by atoms with Crippen LogP contribution in [0.1, 0.15) is 5.56 Å². The first-order valence-electron chi connectivity index (χ1n) is 7.03. The molecule has 2 aromatic carbocycles. The van der Waals surface area contributed by atoms with Gasteiger partial charge in [-0.1, -0.05) is 46.7 Å². The van der Waals surface area contributed by atoms with Crippen molar-refractivity contribution in [3.8, 4) is 11.4 Å². The molecule has 0 saturated carbocycles. The molecule has 7 heteroatoms. The van der Waals surface area contributed by atoms with Crippen LogP contribution in [0.5, 0.6) is 0 Å². The Kier molecular flexibility index (Phi) is 3.84. The van der Waals surface area contributed by atoms with Gasteiger partial charge in [0.2, 0.25) is 4.96 Å². The van der Waals surface area contributed by atoms with Crippen molar-refractivity contribution in [1.29, 1.82) is 0 Å². The summed E-state index contributed by atoms with van der Waals surface area (Å²) < 4.78 is 1.89. The van der Waals surface area contributed by atoms with Crippen LogP contribution >= 0.6 is 34.5 Å². The highest BCUT2D eigenvalue weighted by molar-refractivity contribution is 7.15. The smallest absolute Gasteiger partial charge is 0.266 e. The number of halogens is 2. The summed E-state index contributed by atoms with van der Waals surface area (Å²) in [7, 11) is 0. The highest BCUT2D eigenvalue weighted by Crippen LogP contribution is 2.19. The molecular weight excluding hydrogens is 365 g/mol. The van der Waals surface area contributed by atoms with Crippen LogP contribution in [0.15, 0.2) is 53.3 Å². The van der Waals surface area contributed by atoms with Gasteiger partial charge in [0.05, 0.1) is 4.53 Å². The normalized spacial score (nSPS) is 12.2. The summed E-state index contributed by atoms with van der Waals surface area (Å²) in [4.78, 5) is 17.5. The Hall–Kier alpha value is -2.21. The second-order valence-corrected chi connectivity index (χ2v) is 6.99. The zero-order valence-electron chi connectivity index (χ0n) is 12.1. The highest BCUT2D eigenvalue weighted by Gasteiger charge is 2.11. The zero-order chi connectivity index (χ0) is 16.7. The molecule has 0 N–H and O–H groups in total. The topological polar surface area (TPSA) is 47.3 Å². The summed E-state index contributed by atoms with van der Waals surface area (Å²) in [6, 6.07) is 14.5. The van der Waals surface area contributed by atoms with E-state index in [1.165, 1.54) is 15.9 Å². The minimum absolute atomic E-state index is 0.192. The minimum Gasteiger partial charge on any atom is -0.266 e. The molecule has 0 aliphatic carbocycles. The molecule has 4 rings (SSSR count). The minimum atomic E-state index is -0.192. The average Bonchev–Trinajstić information content (AvgIpc) is 3.09. The van der Waals surface area contributed by atoms with E-state index in [2.05, 4.69) is 10.1 Å². The summed E-state index contributed by atoms with van der Waals surface area (Å²) in [5, 5.41) is 5.57. The van der Waals surface area contributed by atoms with E-state index in [4.69, 9.17) is 23.2 Å². The molecule has 2 aromatic heterocycles. The van der Waals surface area contributed by atoms with Crippen LogP contribution < -0.4 is 10.1 Å². The molecule has 0 spiro atoms. The van der Waals surface area contributed by atoms with Gasteiger partial charge in [-0.05, 0) is 48.0 Å². The molecule has 0 fully saturated rings. The Morgan fingerprint density at radius 1 is 1.04 bits per heavy atom. The van der Waals surface area contributed by atoms with Gasteiger partial charge < -0.3 is 0 Å². The number of aromatic nitrogens is 3. The van der Waals surface area contributed by atoms with E-state index in [1.54, 1.807) is 30.3 Å². The van der Waals surface area contributed by atoms with Gasteiger partial charge in [-0.15, -0.1) is 5.10 Å². The van der Waals surface area contributed by atoms with Crippen LogP contribution in [-0.2, 0) is 0 Å². The molecule has 118 valence electrons. The van der Waals surface area contributed by atoms with Gasteiger partial charge in [0.15, 0.2) is 5.82 Å². The lowest BCUT2D eigenvalue weighted by molar-refractivity contribution is 0.937. The fourth-order valence-electron chi connectivity index (χ4n) is 2.30. The number of thiazole rings is 1. The third-order valence-corrected chi connectivity index (χ3v) is 4.88. The van der Waals surface area contributed by atoms with Gasteiger partial charge in [0.25, 0.3) is 5.56 Å². The number of nitrogens with zero attached hydrogens (tertiary/aromatic N) is 3. The highest BCUT2D eigenvalue weighted by atomic mass is 35.5. The monoisotopic (exact) mass is 373 g/mol. The first kappa shape index (κ1) is 15.3. The lowest BCUT2D eigenvalue weighted by atomic mass is 10.2. The van der Waals surface area contributed by atoms with Crippen LogP contribution in [0.25, 0.3) is 22.4 Å². The van der Waals surface area contributed by atoms with Gasteiger partial charge >= 0.3 is 0 Å².